The lowest BCUT2D eigenvalue weighted by molar-refractivity contribution is -0.142. The van der Waals surface area contributed by atoms with Crippen molar-refractivity contribution in [3.63, 3.8) is 0 Å². The predicted octanol–water partition coefficient (Wildman–Crippen LogP) is 1.33. The van der Waals surface area contributed by atoms with E-state index in [4.69, 9.17) is 14.6 Å². The summed E-state index contributed by atoms with van der Waals surface area (Å²) >= 11 is 0. The van der Waals surface area contributed by atoms with Gasteiger partial charge in [0.05, 0.1) is 0 Å². The molecule has 0 bridgehead atoms. The molecule has 7 nitrogen and oxygen atoms in total. The minimum atomic E-state index is -1.03. The molecule has 1 amide bonds. The summed E-state index contributed by atoms with van der Waals surface area (Å²) in [5.74, 6) is -0.0675. The zero-order valence-corrected chi connectivity index (χ0v) is 14.4. The molecule has 0 saturated carbocycles. The summed E-state index contributed by atoms with van der Waals surface area (Å²) in [4.78, 5) is 26.3. The number of halogens is 1. The first-order chi connectivity index (χ1) is 11.0. The first kappa shape index (κ1) is 19.8. The van der Waals surface area contributed by atoms with Crippen LogP contribution in [0.25, 0.3) is 6.08 Å². The predicted molar refractivity (Wildman–Crippen MR) is 91.6 cm³/mol. The molecule has 0 spiro atoms. The Morgan fingerprint density at radius 1 is 1.21 bits per heavy atom. The Hall–Kier alpha value is -2.25. The van der Waals surface area contributed by atoms with Gasteiger partial charge < -0.3 is 24.4 Å². The normalized spacial score (nSPS) is 12.3. The third kappa shape index (κ3) is 5.75. The average Bonchev–Trinajstić information content (AvgIpc) is 2.96. The first-order valence-electron chi connectivity index (χ1n) is 7.19. The number of rotatable bonds is 7. The van der Waals surface area contributed by atoms with E-state index in [0.717, 1.165) is 5.56 Å². The van der Waals surface area contributed by atoms with Crippen LogP contribution in [0.5, 0.6) is 11.5 Å². The topological polar surface area (TPSA) is 79.3 Å². The van der Waals surface area contributed by atoms with E-state index in [0.29, 0.717) is 24.6 Å². The van der Waals surface area contributed by atoms with Crippen LogP contribution in [0.15, 0.2) is 24.3 Å². The Bertz CT molecular complexity index is 618. The second-order valence-corrected chi connectivity index (χ2v) is 5.40. The Kier molecular flexibility index (Phi) is 7.54. The van der Waals surface area contributed by atoms with Crippen molar-refractivity contribution < 1.29 is 24.2 Å². The van der Waals surface area contributed by atoms with Gasteiger partial charge in [-0.3, -0.25) is 9.59 Å². The monoisotopic (exact) mass is 356 g/mol. The zero-order chi connectivity index (χ0) is 16.8. The number of carbonyl (C=O) groups excluding carboxylic acids is 1. The van der Waals surface area contributed by atoms with Crippen molar-refractivity contribution in [2.75, 3.05) is 40.5 Å². The number of carboxylic acid groups (broad SMARTS) is 1. The number of ether oxygens (including phenoxy) is 2. The van der Waals surface area contributed by atoms with Crippen LogP contribution in [-0.2, 0) is 9.59 Å². The third-order valence-electron chi connectivity index (χ3n) is 3.27. The van der Waals surface area contributed by atoms with Gasteiger partial charge in [-0.25, -0.2) is 0 Å². The summed E-state index contributed by atoms with van der Waals surface area (Å²) in [5, 5.41) is 8.93. The van der Waals surface area contributed by atoms with Crippen LogP contribution in [0.4, 0.5) is 0 Å². The van der Waals surface area contributed by atoms with Crippen LogP contribution in [0.1, 0.15) is 5.56 Å². The Balaban J connectivity index is 0.00000288. The summed E-state index contributed by atoms with van der Waals surface area (Å²) in [6, 6.07) is 5.35. The van der Waals surface area contributed by atoms with E-state index < -0.39 is 5.97 Å². The number of hydrogen-bond donors (Lipinski definition) is 1. The molecule has 1 N–H and O–H groups in total. The smallest absolute Gasteiger partial charge is 0.323 e. The number of carboxylic acids is 1. The molecule has 0 saturated heterocycles. The molecule has 0 unspecified atom stereocenters. The highest BCUT2D eigenvalue weighted by atomic mass is 35.5. The molecule has 0 aliphatic carbocycles. The number of aliphatic carboxylic acids is 1. The van der Waals surface area contributed by atoms with Gasteiger partial charge in [-0.2, -0.15) is 0 Å². The first-order valence-corrected chi connectivity index (χ1v) is 7.19. The van der Waals surface area contributed by atoms with Gasteiger partial charge in [0.25, 0.3) is 0 Å². The molecular weight excluding hydrogens is 336 g/mol. The molecule has 24 heavy (non-hydrogen) atoms. The quantitative estimate of drug-likeness (QED) is 0.742. The largest absolute Gasteiger partial charge is 0.480 e. The molecule has 8 heteroatoms. The number of hydrogen-bond acceptors (Lipinski definition) is 5. The Morgan fingerprint density at radius 2 is 1.92 bits per heavy atom. The number of amides is 1. The zero-order valence-electron chi connectivity index (χ0n) is 13.6. The summed E-state index contributed by atoms with van der Waals surface area (Å²) < 4.78 is 10.5. The van der Waals surface area contributed by atoms with E-state index in [1.165, 1.54) is 11.0 Å². The number of carbonyl (C=O) groups is 2. The molecule has 0 radical (unpaired) electrons. The molecule has 132 valence electrons. The number of nitrogens with zero attached hydrogens (tertiary/aromatic N) is 2. The van der Waals surface area contributed by atoms with Crippen LogP contribution in [0.2, 0.25) is 0 Å². The van der Waals surface area contributed by atoms with Crippen LogP contribution >= 0.6 is 12.4 Å². The molecule has 1 heterocycles. The fraction of sp³-hybridized carbons (Fsp3) is 0.375. The Morgan fingerprint density at radius 3 is 2.58 bits per heavy atom. The van der Waals surface area contributed by atoms with E-state index in [1.54, 1.807) is 24.3 Å². The molecule has 1 aliphatic heterocycles. The van der Waals surface area contributed by atoms with E-state index >= 15 is 0 Å². The third-order valence-corrected chi connectivity index (χ3v) is 3.27. The van der Waals surface area contributed by atoms with Crippen molar-refractivity contribution >= 4 is 30.4 Å². The highest BCUT2D eigenvalue weighted by Crippen LogP contribution is 2.32. The van der Waals surface area contributed by atoms with E-state index in [-0.39, 0.29) is 31.7 Å². The minimum absolute atomic E-state index is 0. The van der Waals surface area contributed by atoms with Gasteiger partial charge in [-0.15, -0.1) is 12.4 Å². The van der Waals surface area contributed by atoms with Gasteiger partial charge in [-0.05, 0) is 37.9 Å². The molecular formula is C16H21ClN2O5. The molecule has 2 rings (SSSR count). The van der Waals surface area contributed by atoms with Crippen molar-refractivity contribution in [1.82, 2.24) is 9.80 Å². The van der Waals surface area contributed by atoms with Crippen LogP contribution in [0.3, 0.4) is 0 Å². The lowest BCUT2D eigenvalue weighted by atomic mass is 10.2. The van der Waals surface area contributed by atoms with Gasteiger partial charge in [0, 0.05) is 19.2 Å². The standard InChI is InChI=1S/C16H20N2O5.ClH/c1-17(2)7-8-18(10-16(20)21)15(19)6-4-12-3-5-13-14(9-12)23-11-22-13;/h3-6,9H,7-8,10-11H2,1-2H3,(H,20,21);1H/b6-4+;. The lowest BCUT2D eigenvalue weighted by Gasteiger charge is -2.21. The van der Waals surface area contributed by atoms with Crippen LogP contribution < -0.4 is 9.47 Å². The fourth-order valence-corrected chi connectivity index (χ4v) is 2.04. The van der Waals surface area contributed by atoms with E-state index in [9.17, 15) is 9.59 Å². The maximum absolute atomic E-state index is 12.2. The molecule has 0 aromatic heterocycles. The summed E-state index contributed by atoms with van der Waals surface area (Å²) in [6.45, 7) is 0.816. The van der Waals surface area contributed by atoms with Crippen LogP contribution in [-0.4, -0.2) is 67.3 Å². The highest BCUT2D eigenvalue weighted by Gasteiger charge is 2.15. The fourth-order valence-electron chi connectivity index (χ4n) is 2.04. The second-order valence-electron chi connectivity index (χ2n) is 5.40. The maximum Gasteiger partial charge on any atom is 0.323 e. The van der Waals surface area contributed by atoms with Crippen molar-refractivity contribution in [2.45, 2.75) is 0 Å². The van der Waals surface area contributed by atoms with Crippen molar-refractivity contribution in [1.29, 1.82) is 0 Å². The van der Waals surface area contributed by atoms with Gasteiger partial charge in [-0.1, -0.05) is 6.07 Å². The number of benzene rings is 1. The highest BCUT2D eigenvalue weighted by molar-refractivity contribution is 5.93. The maximum atomic E-state index is 12.2. The summed E-state index contributed by atoms with van der Waals surface area (Å²) in [5.41, 5.74) is 0.783. The SMILES string of the molecule is CN(C)CCN(CC(=O)O)C(=O)/C=C/c1ccc2c(c1)OCO2.Cl. The molecule has 1 aromatic carbocycles. The van der Waals surface area contributed by atoms with Crippen molar-refractivity contribution in [2.24, 2.45) is 0 Å². The van der Waals surface area contributed by atoms with Crippen molar-refractivity contribution in [3.05, 3.63) is 29.8 Å². The number of fused-ring (bicyclic) bond motifs is 1. The Labute approximate surface area is 146 Å². The second kappa shape index (κ2) is 9.14. The van der Waals surface area contributed by atoms with Crippen molar-refractivity contribution in [3.8, 4) is 11.5 Å². The van der Waals surface area contributed by atoms with Gasteiger partial charge >= 0.3 is 5.97 Å². The summed E-state index contributed by atoms with van der Waals surface area (Å²) in [7, 11) is 3.73. The molecule has 0 atom stereocenters. The lowest BCUT2D eigenvalue weighted by Crippen LogP contribution is -2.39. The molecule has 0 fully saturated rings. The molecule has 1 aromatic rings. The average molecular weight is 357 g/mol. The van der Waals surface area contributed by atoms with Gasteiger partial charge in [0.2, 0.25) is 12.7 Å². The van der Waals surface area contributed by atoms with Gasteiger partial charge in [0.15, 0.2) is 11.5 Å². The van der Waals surface area contributed by atoms with E-state index in [2.05, 4.69) is 0 Å². The molecule has 1 aliphatic rings. The van der Waals surface area contributed by atoms with Crippen LogP contribution in [0, 0.1) is 0 Å². The number of likely N-dealkylation sites (N-methyl/N-ethyl adjacent to an activating group) is 1. The van der Waals surface area contributed by atoms with E-state index in [1.807, 2.05) is 19.0 Å². The summed E-state index contributed by atoms with van der Waals surface area (Å²) in [6.07, 6.45) is 3.00. The van der Waals surface area contributed by atoms with Gasteiger partial charge in [0.1, 0.15) is 6.54 Å². The minimum Gasteiger partial charge on any atom is -0.480 e.